The van der Waals surface area contributed by atoms with Crippen molar-refractivity contribution in [3.8, 4) is 0 Å². The van der Waals surface area contributed by atoms with E-state index in [4.69, 9.17) is 5.73 Å². The summed E-state index contributed by atoms with van der Waals surface area (Å²) in [5.74, 6) is -4.12. The molecule has 2 N–H and O–H groups in total. The van der Waals surface area contributed by atoms with Crippen molar-refractivity contribution in [3.05, 3.63) is 65.2 Å². The summed E-state index contributed by atoms with van der Waals surface area (Å²) in [6.07, 6.45) is 4.09. The molecule has 7 heteroatoms. The molecule has 0 spiro atoms. The molecule has 2 aromatic rings. The molecule has 1 aliphatic rings. The normalized spacial score (nSPS) is 20.5. The first-order valence-electron chi connectivity index (χ1n) is 8.50. The Kier molecular flexibility index (Phi) is 5.56. The molecule has 1 aromatic heterocycles. The van der Waals surface area contributed by atoms with Crippen molar-refractivity contribution in [1.29, 1.82) is 0 Å². The monoisotopic (exact) mass is 363 g/mol. The van der Waals surface area contributed by atoms with Crippen LogP contribution in [0.3, 0.4) is 0 Å². The lowest BCUT2D eigenvalue weighted by molar-refractivity contribution is -0.135. The Bertz CT molecular complexity index is 785. The van der Waals surface area contributed by atoms with Gasteiger partial charge in [-0.3, -0.25) is 9.78 Å². The van der Waals surface area contributed by atoms with Gasteiger partial charge in [0.25, 0.3) is 0 Å². The van der Waals surface area contributed by atoms with Crippen molar-refractivity contribution in [1.82, 2.24) is 9.88 Å². The zero-order chi connectivity index (χ0) is 18.7. The summed E-state index contributed by atoms with van der Waals surface area (Å²) in [6.45, 7) is 1.11. The molecule has 0 bridgehead atoms. The van der Waals surface area contributed by atoms with Crippen LogP contribution < -0.4 is 5.73 Å². The van der Waals surface area contributed by atoms with Gasteiger partial charge in [-0.1, -0.05) is 0 Å². The Labute approximate surface area is 149 Å². The number of likely N-dealkylation sites (tertiary alicyclic amines) is 1. The summed E-state index contributed by atoms with van der Waals surface area (Å²) in [4.78, 5) is 18.2. The number of nitrogens with two attached hydrogens (primary N) is 1. The number of nitrogens with zero attached hydrogens (tertiary/aromatic N) is 2. The van der Waals surface area contributed by atoms with E-state index < -0.39 is 23.4 Å². The average Bonchev–Trinajstić information content (AvgIpc) is 2.64. The van der Waals surface area contributed by atoms with Gasteiger partial charge >= 0.3 is 0 Å². The molecule has 1 amide bonds. The summed E-state index contributed by atoms with van der Waals surface area (Å²) < 4.78 is 40.9. The number of benzene rings is 1. The molecule has 1 fully saturated rings. The van der Waals surface area contributed by atoms with Gasteiger partial charge < -0.3 is 10.6 Å². The molecule has 1 aromatic carbocycles. The van der Waals surface area contributed by atoms with Gasteiger partial charge in [-0.15, -0.1) is 0 Å². The predicted octanol–water partition coefficient (Wildman–Crippen LogP) is 2.63. The Morgan fingerprint density at radius 2 is 1.81 bits per heavy atom. The predicted molar refractivity (Wildman–Crippen MR) is 90.7 cm³/mol. The third-order valence-corrected chi connectivity index (χ3v) is 4.93. The summed E-state index contributed by atoms with van der Waals surface area (Å²) in [5.41, 5.74) is 6.90. The number of hydrogen-bond acceptors (Lipinski definition) is 3. The highest BCUT2D eigenvalue weighted by Crippen LogP contribution is 2.35. The van der Waals surface area contributed by atoms with Gasteiger partial charge in [-0.05, 0) is 48.2 Å². The molecule has 4 nitrogen and oxygen atoms in total. The smallest absolute Gasteiger partial charge is 0.223 e. The minimum Gasteiger partial charge on any atom is -0.342 e. The Balaban J connectivity index is 1.74. The van der Waals surface area contributed by atoms with E-state index in [1.54, 1.807) is 17.3 Å². The molecule has 138 valence electrons. The van der Waals surface area contributed by atoms with Crippen LogP contribution in [0, 0.1) is 23.4 Å². The van der Waals surface area contributed by atoms with Gasteiger partial charge in [0, 0.05) is 43.9 Å². The van der Waals surface area contributed by atoms with Crippen LogP contribution in [0.5, 0.6) is 0 Å². The lowest BCUT2D eigenvalue weighted by Gasteiger charge is -2.38. The molecule has 0 radical (unpaired) electrons. The number of pyridine rings is 1. The van der Waals surface area contributed by atoms with Crippen molar-refractivity contribution in [3.63, 3.8) is 0 Å². The molecule has 3 rings (SSSR count). The van der Waals surface area contributed by atoms with E-state index in [1.165, 1.54) is 0 Å². The maximum atomic E-state index is 14.1. The maximum absolute atomic E-state index is 14.1. The molecule has 1 aliphatic heterocycles. The average molecular weight is 363 g/mol. The fraction of sp³-hybridized carbons (Fsp3) is 0.368. The van der Waals surface area contributed by atoms with Crippen LogP contribution in [-0.2, 0) is 11.2 Å². The van der Waals surface area contributed by atoms with Gasteiger partial charge in [0.2, 0.25) is 5.91 Å². The summed E-state index contributed by atoms with van der Waals surface area (Å²) >= 11 is 0. The second-order valence-electron chi connectivity index (χ2n) is 6.54. The summed E-state index contributed by atoms with van der Waals surface area (Å²) in [6, 6.07) is 5.14. The largest absolute Gasteiger partial charge is 0.342 e. The maximum Gasteiger partial charge on any atom is 0.223 e. The van der Waals surface area contributed by atoms with Gasteiger partial charge in [-0.2, -0.15) is 0 Å². The molecule has 26 heavy (non-hydrogen) atoms. The molecule has 2 atom stereocenters. The zero-order valence-corrected chi connectivity index (χ0v) is 14.2. The van der Waals surface area contributed by atoms with E-state index in [2.05, 4.69) is 4.98 Å². The zero-order valence-electron chi connectivity index (χ0n) is 14.2. The fourth-order valence-electron chi connectivity index (χ4n) is 3.45. The van der Waals surface area contributed by atoms with E-state index in [0.717, 1.165) is 11.6 Å². The van der Waals surface area contributed by atoms with Gasteiger partial charge in [0.1, 0.15) is 5.82 Å². The first-order valence-corrected chi connectivity index (χ1v) is 8.50. The van der Waals surface area contributed by atoms with Gasteiger partial charge in [-0.25, -0.2) is 13.2 Å². The van der Waals surface area contributed by atoms with Crippen molar-refractivity contribution < 1.29 is 18.0 Å². The molecule has 2 heterocycles. The number of piperidine rings is 1. The molecule has 0 saturated carbocycles. The van der Waals surface area contributed by atoms with Gasteiger partial charge in [0.05, 0.1) is 0 Å². The standard InChI is InChI=1S/C19H20F3N3O/c20-16-9-18(22)17(21)7-15(16)14-8-19(26)25(11-13(14)10-23)6-3-12-1-4-24-5-2-12/h1-2,4-5,7,9,13-14H,3,6,8,10-11,23H2/t13-,14-/m0/s1. The SMILES string of the molecule is NC[C@H]1CN(CCc2ccncc2)C(=O)C[C@@H]1c1cc(F)c(F)cc1F. The van der Waals surface area contributed by atoms with E-state index in [1.807, 2.05) is 12.1 Å². The number of halogens is 3. The highest BCUT2D eigenvalue weighted by Gasteiger charge is 2.36. The second kappa shape index (κ2) is 7.86. The minimum atomic E-state index is -1.24. The molecular formula is C19H20F3N3O. The minimum absolute atomic E-state index is 0.0153. The number of carbonyl (C=O) groups is 1. The highest BCUT2D eigenvalue weighted by atomic mass is 19.2. The molecule has 1 saturated heterocycles. The third-order valence-electron chi connectivity index (χ3n) is 4.93. The van der Waals surface area contributed by atoms with Crippen LogP contribution in [0.1, 0.15) is 23.5 Å². The van der Waals surface area contributed by atoms with Crippen LogP contribution in [0.25, 0.3) is 0 Å². The lowest BCUT2D eigenvalue weighted by atomic mass is 9.79. The third kappa shape index (κ3) is 3.88. The fourth-order valence-corrected chi connectivity index (χ4v) is 3.45. The number of aromatic nitrogens is 1. The number of amides is 1. The van der Waals surface area contributed by atoms with E-state index >= 15 is 0 Å². The van der Waals surface area contributed by atoms with Crippen molar-refractivity contribution in [2.24, 2.45) is 11.7 Å². The molecule has 0 aliphatic carbocycles. The summed E-state index contributed by atoms with van der Waals surface area (Å²) in [7, 11) is 0. The van der Waals surface area contributed by atoms with E-state index in [0.29, 0.717) is 25.6 Å². The Morgan fingerprint density at radius 1 is 1.12 bits per heavy atom. The first kappa shape index (κ1) is 18.4. The Hall–Kier alpha value is -2.41. The highest BCUT2D eigenvalue weighted by molar-refractivity contribution is 5.78. The lowest BCUT2D eigenvalue weighted by Crippen LogP contribution is -2.46. The van der Waals surface area contributed by atoms with Crippen LogP contribution in [0.2, 0.25) is 0 Å². The van der Waals surface area contributed by atoms with Crippen molar-refractivity contribution in [2.75, 3.05) is 19.6 Å². The quantitative estimate of drug-likeness (QED) is 0.831. The van der Waals surface area contributed by atoms with Crippen LogP contribution >= 0.6 is 0 Å². The number of rotatable bonds is 5. The number of hydrogen-bond donors (Lipinski definition) is 1. The second-order valence-corrected chi connectivity index (χ2v) is 6.54. The van der Waals surface area contributed by atoms with Crippen molar-refractivity contribution >= 4 is 5.91 Å². The van der Waals surface area contributed by atoms with E-state index in [9.17, 15) is 18.0 Å². The Morgan fingerprint density at radius 3 is 2.50 bits per heavy atom. The van der Waals surface area contributed by atoms with Crippen LogP contribution in [0.4, 0.5) is 13.2 Å². The van der Waals surface area contributed by atoms with E-state index in [-0.39, 0.29) is 30.4 Å². The molecular weight excluding hydrogens is 343 g/mol. The van der Waals surface area contributed by atoms with Crippen LogP contribution in [0.15, 0.2) is 36.7 Å². The van der Waals surface area contributed by atoms with Crippen LogP contribution in [-0.4, -0.2) is 35.4 Å². The first-order chi connectivity index (χ1) is 12.5. The van der Waals surface area contributed by atoms with Gasteiger partial charge in [0.15, 0.2) is 11.6 Å². The number of carbonyl (C=O) groups excluding carboxylic acids is 1. The van der Waals surface area contributed by atoms with Crippen molar-refractivity contribution in [2.45, 2.75) is 18.8 Å². The molecule has 0 unspecified atom stereocenters. The topological polar surface area (TPSA) is 59.2 Å². The summed E-state index contributed by atoms with van der Waals surface area (Å²) in [5, 5.41) is 0.